The number of piperazine rings is 2. The van der Waals surface area contributed by atoms with Gasteiger partial charge in [0, 0.05) is 65.4 Å². The zero-order valence-corrected chi connectivity index (χ0v) is 28.6. The smallest absolute Gasteiger partial charge is 0.142 e. The van der Waals surface area contributed by atoms with Crippen LogP contribution in [0.2, 0.25) is 0 Å². The monoisotopic (exact) mass is 650 g/mol. The number of methoxy groups -OCH3 is 2. The fraction of sp³-hybridized carbons (Fsp3) is 0.400. The highest BCUT2D eigenvalue weighted by Crippen LogP contribution is 2.29. The Morgan fingerprint density at radius 1 is 0.479 bits per heavy atom. The van der Waals surface area contributed by atoms with Gasteiger partial charge in [0.2, 0.25) is 0 Å². The molecule has 0 amide bonds. The van der Waals surface area contributed by atoms with E-state index in [0.717, 1.165) is 101 Å². The van der Waals surface area contributed by atoms with Crippen molar-refractivity contribution in [1.82, 2.24) is 9.80 Å². The van der Waals surface area contributed by atoms with Gasteiger partial charge in [-0.1, -0.05) is 48.5 Å². The second-order valence-electron chi connectivity index (χ2n) is 12.5. The molecule has 6 rings (SSSR count). The maximum atomic E-state index is 6.08. The molecule has 0 bridgehead atoms. The van der Waals surface area contributed by atoms with E-state index in [2.05, 4.69) is 80.3 Å². The van der Waals surface area contributed by atoms with Crippen LogP contribution in [0.4, 0.5) is 11.4 Å². The van der Waals surface area contributed by atoms with Crippen LogP contribution in [0.1, 0.15) is 11.1 Å². The van der Waals surface area contributed by atoms with Crippen LogP contribution >= 0.6 is 0 Å². The van der Waals surface area contributed by atoms with Crippen LogP contribution in [0, 0.1) is 0 Å². The van der Waals surface area contributed by atoms with Crippen LogP contribution < -0.4 is 28.7 Å². The predicted molar refractivity (Wildman–Crippen MR) is 195 cm³/mol. The van der Waals surface area contributed by atoms with E-state index in [1.54, 1.807) is 14.2 Å². The van der Waals surface area contributed by atoms with Crippen molar-refractivity contribution in [3.8, 4) is 23.0 Å². The number of para-hydroxylation sites is 4. The molecule has 8 nitrogen and oxygen atoms in total. The molecule has 0 aromatic heterocycles. The van der Waals surface area contributed by atoms with E-state index in [9.17, 15) is 0 Å². The summed E-state index contributed by atoms with van der Waals surface area (Å²) in [5.74, 6) is 3.70. The Bertz CT molecular complexity index is 1450. The molecule has 0 spiro atoms. The first-order valence-corrected chi connectivity index (χ1v) is 17.3. The average Bonchev–Trinajstić information content (AvgIpc) is 3.15. The topological polar surface area (TPSA) is 49.9 Å². The Morgan fingerprint density at radius 2 is 0.896 bits per heavy atom. The quantitative estimate of drug-likeness (QED) is 0.148. The molecule has 0 aliphatic carbocycles. The van der Waals surface area contributed by atoms with Crippen molar-refractivity contribution in [1.29, 1.82) is 0 Å². The SMILES string of the molecule is COc1ccccc1N1CCN(CCc2cccc(OCCOc3cccc(CCN4CCN(c5ccccc5OC)CC4)c3)c2)CC1. The van der Waals surface area contributed by atoms with Gasteiger partial charge < -0.3 is 28.7 Å². The highest BCUT2D eigenvalue weighted by Gasteiger charge is 2.20. The minimum absolute atomic E-state index is 0.509. The molecule has 8 heteroatoms. The summed E-state index contributed by atoms with van der Waals surface area (Å²) in [5.41, 5.74) is 4.98. The molecule has 4 aromatic rings. The molecule has 0 unspecified atom stereocenters. The van der Waals surface area contributed by atoms with E-state index >= 15 is 0 Å². The first kappa shape index (κ1) is 33.5. The summed E-state index contributed by atoms with van der Waals surface area (Å²) in [7, 11) is 3.49. The van der Waals surface area contributed by atoms with E-state index in [0.29, 0.717) is 13.2 Å². The number of hydrogen-bond acceptors (Lipinski definition) is 8. The van der Waals surface area contributed by atoms with Gasteiger partial charge in [0.1, 0.15) is 36.2 Å². The van der Waals surface area contributed by atoms with E-state index in [1.807, 2.05) is 36.4 Å². The normalized spacial score (nSPS) is 15.7. The molecule has 2 saturated heterocycles. The Balaban J connectivity index is 0.876. The van der Waals surface area contributed by atoms with Crippen molar-refractivity contribution in [3.05, 3.63) is 108 Å². The van der Waals surface area contributed by atoms with Gasteiger partial charge in [-0.05, 0) is 72.5 Å². The Kier molecular flexibility index (Phi) is 12.0. The van der Waals surface area contributed by atoms with Gasteiger partial charge in [-0.15, -0.1) is 0 Å². The second kappa shape index (κ2) is 17.1. The third kappa shape index (κ3) is 9.14. The van der Waals surface area contributed by atoms with Crippen molar-refractivity contribution in [3.63, 3.8) is 0 Å². The van der Waals surface area contributed by atoms with Crippen LogP contribution in [0.5, 0.6) is 23.0 Å². The van der Waals surface area contributed by atoms with Crippen molar-refractivity contribution in [2.75, 3.05) is 103 Å². The largest absolute Gasteiger partial charge is 0.495 e. The molecule has 4 aromatic carbocycles. The Hall–Kier alpha value is -4.40. The third-order valence-electron chi connectivity index (χ3n) is 9.45. The first-order valence-electron chi connectivity index (χ1n) is 17.3. The zero-order valence-electron chi connectivity index (χ0n) is 28.6. The van der Waals surface area contributed by atoms with Crippen LogP contribution in [-0.2, 0) is 12.8 Å². The summed E-state index contributed by atoms with van der Waals surface area (Å²) < 4.78 is 23.3. The second-order valence-corrected chi connectivity index (χ2v) is 12.5. The standard InChI is InChI=1S/C40H50N4O4/c1-45-39-15-5-3-13-37(39)43-25-21-41(22-26-43)19-17-33-9-7-11-35(31-33)47-29-30-48-36-12-8-10-34(32-36)18-20-42-23-27-44(28-24-42)38-14-4-6-16-40(38)46-2/h3-16,31-32H,17-30H2,1-2H3. The molecule has 2 fully saturated rings. The van der Waals surface area contributed by atoms with Gasteiger partial charge in [-0.3, -0.25) is 9.80 Å². The Labute approximate surface area is 286 Å². The van der Waals surface area contributed by atoms with Gasteiger partial charge in [0.25, 0.3) is 0 Å². The lowest BCUT2D eigenvalue weighted by Crippen LogP contribution is -2.47. The van der Waals surface area contributed by atoms with Gasteiger partial charge in [-0.25, -0.2) is 0 Å². The lowest BCUT2D eigenvalue weighted by molar-refractivity contribution is 0.216. The fourth-order valence-corrected chi connectivity index (χ4v) is 6.68. The first-order chi connectivity index (χ1) is 23.7. The van der Waals surface area contributed by atoms with Crippen LogP contribution in [-0.4, -0.2) is 103 Å². The van der Waals surface area contributed by atoms with E-state index < -0.39 is 0 Å². The summed E-state index contributed by atoms with van der Waals surface area (Å²) in [6, 6.07) is 33.6. The average molecular weight is 651 g/mol. The molecule has 2 heterocycles. The summed E-state index contributed by atoms with van der Waals surface area (Å²) in [5, 5.41) is 0. The number of ether oxygens (including phenoxy) is 4. The highest BCUT2D eigenvalue weighted by molar-refractivity contribution is 5.59. The summed E-state index contributed by atoms with van der Waals surface area (Å²) >= 11 is 0. The van der Waals surface area contributed by atoms with Crippen molar-refractivity contribution in [2.24, 2.45) is 0 Å². The molecule has 2 aliphatic rings. The van der Waals surface area contributed by atoms with Crippen molar-refractivity contribution >= 4 is 11.4 Å². The van der Waals surface area contributed by atoms with Crippen LogP contribution in [0.3, 0.4) is 0 Å². The molecule has 254 valence electrons. The number of rotatable bonds is 15. The number of hydrogen-bond donors (Lipinski definition) is 0. The van der Waals surface area contributed by atoms with Crippen LogP contribution in [0.15, 0.2) is 97.1 Å². The summed E-state index contributed by atoms with van der Waals surface area (Å²) in [4.78, 5) is 9.95. The number of benzene rings is 4. The lowest BCUT2D eigenvalue weighted by Gasteiger charge is -2.36. The maximum Gasteiger partial charge on any atom is 0.142 e. The Morgan fingerprint density at radius 3 is 1.31 bits per heavy atom. The van der Waals surface area contributed by atoms with Gasteiger partial charge >= 0.3 is 0 Å². The molecule has 0 atom stereocenters. The zero-order chi connectivity index (χ0) is 33.0. The molecule has 0 saturated carbocycles. The predicted octanol–water partition coefficient (Wildman–Crippen LogP) is 5.89. The van der Waals surface area contributed by atoms with Gasteiger partial charge in [-0.2, -0.15) is 0 Å². The van der Waals surface area contributed by atoms with Gasteiger partial charge in [0.15, 0.2) is 0 Å². The van der Waals surface area contributed by atoms with E-state index in [1.165, 1.54) is 22.5 Å². The molecule has 48 heavy (non-hydrogen) atoms. The minimum atomic E-state index is 0.509. The fourth-order valence-electron chi connectivity index (χ4n) is 6.68. The molecule has 2 aliphatic heterocycles. The summed E-state index contributed by atoms with van der Waals surface area (Å²) in [6.07, 6.45) is 2.01. The third-order valence-corrected chi connectivity index (χ3v) is 9.45. The number of anilines is 2. The summed E-state index contributed by atoms with van der Waals surface area (Å²) in [6.45, 7) is 11.3. The molecular weight excluding hydrogens is 600 g/mol. The van der Waals surface area contributed by atoms with Gasteiger partial charge in [0.05, 0.1) is 25.6 Å². The van der Waals surface area contributed by atoms with E-state index in [-0.39, 0.29) is 0 Å². The van der Waals surface area contributed by atoms with Crippen molar-refractivity contribution in [2.45, 2.75) is 12.8 Å². The molecular formula is C40H50N4O4. The number of nitrogens with zero attached hydrogens (tertiary/aromatic N) is 4. The maximum absolute atomic E-state index is 6.08. The molecule has 0 N–H and O–H groups in total. The molecule has 0 radical (unpaired) electrons. The lowest BCUT2D eigenvalue weighted by atomic mass is 10.1. The van der Waals surface area contributed by atoms with E-state index in [4.69, 9.17) is 18.9 Å². The minimum Gasteiger partial charge on any atom is -0.495 e. The van der Waals surface area contributed by atoms with Crippen LogP contribution in [0.25, 0.3) is 0 Å². The van der Waals surface area contributed by atoms with Crippen molar-refractivity contribution < 1.29 is 18.9 Å². The highest BCUT2D eigenvalue weighted by atomic mass is 16.5.